The van der Waals surface area contributed by atoms with Crippen molar-refractivity contribution in [2.75, 3.05) is 18.2 Å². The van der Waals surface area contributed by atoms with E-state index in [4.69, 9.17) is 15.2 Å². The number of benzene rings is 2. The molecule has 0 bridgehead atoms. The standard InChI is InChI=1S/C20H27N3O3/c1-4-16(5-2)22-20(24)23-17-7-9-18(10-8-17)26-19-11-6-15(21)12-14(19)13-25-3/h6-12,16H,4-5,13,21H2,1-3H3,(H2,22,23,24). The number of carbonyl (C=O) groups excluding carboxylic acids is 1. The smallest absolute Gasteiger partial charge is 0.319 e. The van der Waals surface area contributed by atoms with E-state index in [0.29, 0.717) is 29.5 Å². The van der Waals surface area contributed by atoms with Crippen LogP contribution in [0.15, 0.2) is 42.5 Å². The summed E-state index contributed by atoms with van der Waals surface area (Å²) >= 11 is 0. The van der Waals surface area contributed by atoms with Crippen molar-refractivity contribution >= 4 is 17.4 Å². The molecule has 2 aromatic carbocycles. The molecule has 0 atom stereocenters. The van der Waals surface area contributed by atoms with Crippen molar-refractivity contribution in [2.45, 2.75) is 39.3 Å². The summed E-state index contributed by atoms with van der Waals surface area (Å²) in [5.41, 5.74) is 8.05. The van der Waals surface area contributed by atoms with Gasteiger partial charge in [-0.1, -0.05) is 13.8 Å². The Bertz CT molecular complexity index is 713. The van der Waals surface area contributed by atoms with Gasteiger partial charge in [-0.05, 0) is 55.3 Å². The summed E-state index contributed by atoms with van der Waals surface area (Å²) in [5, 5.41) is 5.77. The minimum atomic E-state index is -0.201. The van der Waals surface area contributed by atoms with Gasteiger partial charge in [0.1, 0.15) is 11.5 Å². The van der Waals surface area contributed by atoms with E-state index in [1.165, 1.54) is 0 Å². The second-order valence-corrected chi connectivity index (χ2v) is 6.04. The molecule has 140 valence electrons. The van der Waals surface area contributed by atoms with Gasteiger partial charge >= 0.3 is 6.03 Å². The third-order valence-corrected chi connectivity index (χ3v) is 4.05. The Morgan fingerprint density at radius 1 is 1.12 bits per heavy atom. The first-order chi connectivity index (χ1) is 12.5. The fourth-order valence-electron chi connectivity index (χ4n) is 2.55. The first-order valence-electron chi connectivity index (χ1n) is 8.78. The van der Waals surface area contributed by atoms with E-state index in [1.54, 1.807) is 37.4 Å². The number of nitrogen functional groups attached to an aromatic ring is 1. The average Bonchev–Trinajstić information content (AvgIpc) is 2.63. The van der Waals surface area contributed by atoms with Crippen molar-refractivity contribution in [2.24, 2.45) is 0 Å². The van der Waals surface area contributed by atoms with Gasteiger partial charge in [0.15, 0.2) is 0 Å². The highest BCUT2D eigenvalue weighted by Gasteiger charge is 2.09. The molecule has 26 heavy (non-hydrogen) atoms. The fraction of sp³-hybridized carbons (Fsp3) is 0.350. The highest BCUT2D eigenvalue weighted by Crippen LogP contribution is 2.28. The SMILES string of the molecule is CCC(CC)NC(=O)Nc1ccc(Oc2ccc(N)cc2COC)cc1. The zero-order valence-electron chi connectivity index (χ0n) is 15.5. The van der Waals surface area contributed by atoms with E-state index in [-0.39, 0.29) is 12.1 Å². The lowest BCUT2D eigenvalue weighted by molar-refractivity contribution is 0.182. The number of nitrogens with one attached hydrogen (secondary N) is 2. The summed E-state index contributed by atoms with van der Waals surface area (Å²) in [6.45, 7) is 4.52. The molecular weight excluding hydrogens is 330 g/mol. The minimum Gasteiger partial charge on any atom is -0.457 e. The largest absolute Gasteiger partial charge is 0.457 e. The Hall–Kier alpha value is -2.73. The van der Waals surface area contributed by atoms with Crippen LogP contribution in [-0.4, -0.2) is 19.2 Å². The van der Waals surface area contributed by atoms with Gasteiger partial charge in [0.2, 0.25) is 0 Å². The minimum absolute atomic E-state index is 0.183. The highest BCUT2D eigenvalue weighted by molar-refractivity contribution is 5.89. The molecule has 0 unspecified atom stereocenters. The molecule has 6 heteroatoms. The number of nitrogens with two attached hydrogens (primary N) is 1. The van der Waals surface area contributed by atoms with Crippen molar-refractivity contribution in [3.8, 4) is 11.5 Å². The normalized spacial score (nSPS) is 10.6. The number of ether oxygens (including phenoxy) is 2. The maximum Gasteiger partial charge on any atom is 0.319 e. The second-order valence-electron chi connectivity index (χ2n) is 6.04. The van der Waals surface area contributed by atoms with Crippen molar-refractivity contribution in [3.63, 3.8) is 0 Å². The van der Waals surface area contributed by atoms with Gasteiger partial charge in [0.25, 0.3) is 0 Å². The predicted octanol–water partition coefficient (Wildman–Crippen LogP) is 4.52. The molecule has 0 spiro atoms. The summed E-state index contributed by atoms with van der Waals surface area (Å²) in [5.74, 6) is 1.35. The molecule has 6 nitrogen and oxygen atoms in total. The molecule has 0 aliphatic heterocycles. The van der Waals surface area contributed by atoms with Crippen molar-refractivity contribution in [1.82, 2.24) is 5.32 Å². The zero-order valence-corrected chi connectivity index (χ0v) is 15.5. The van der Waals surface area contributed by atoms with E-state index in [0.717, 1.165) is 18.4 Å². The Kier molecular flexibility index (Phi) is 7.29. The van der Waals surface area contributed by atoms with Crippen molar-refractivity contribution < 1.29 is 14.3 Å². The van der Waals surface area contributed by atoms with Gasteiger partial charge < -0.3 is 25.8 Å². The molecule has 2 rings (SSSR count). The number of methoxy groups -OCH3 is 1. The van der Waals surface area contributed by atoms with E-state index >= 15 is 0 Å². The third kappa shape index (κ3) is 5.67. The molecular formula is C20H27N3O3. The number of carbonyl (C=O) groups is 1. The van der Waals surface area contributed by atoms with Gasteiger partial charge in [-0.2, -0.15) is 0 Å². The van der Waals surface area contributed by atoms with Crippen LogP contribution in [0.25, 0.3) is 0 Å². The summed E-state index contributed by atoms with van der Waals surface area (Å²) < 4.78 is 11.1. The van der Waals surface area contributed by atoms with E-state index < -0.39 is 0 Å². The monoisotopic (exact) mass is 357 g/mol. The molecule has 0 radical (unpaired) electrons. The van der Waals surface area contributed by atoms with Gasteiger partial charge in [0, 0.05) is 30.1 Å². The summed E-state index contributed by atoms with van der Waals surface area (Å²) in [6.07, 6.45) is 1.81. The van der Waals surface area contributed by atoms with Crippen LogP contribution in [0.5, 0.6) is 11.5 Å². The summed E-state index contributed by atoms with van der Waals surface area (Å²) in [4.78, 5) is 12.0. The Morgan fingerprint density at radius 3 is 2.42 bits per heavy atom. The molecule has 0 aliphatic rings. The maximum absolute atomic E-state index is 12.0. The first-order valence-corrected chi connectivity index (χ1v) is 8.78. The Morgan fingerprint density at radius 2 is 1.81 bits per heavy atom. The average molecular weight is 357 g/mol. The lowest BCUT2D eigenvalue weighted by Gasteiger charge is -2.15. The van der Waals surface area contributed by atoms with Crippen molar-refractivity contribution in [3.05, 3.63) is 48.0 Å². The molecule has 2 amide bonds. The maximum atomic E-state index is 12.0. The van der Waals surface area contributed by atoms with Gasteiger partial charge in [0.05, 0.1) is 6.61 Å². The van der Waals surface area contributed by atoms with Crippen molar-refractivity contribution in [1.29, 1.82) is 0 Å². The lowest BCUT2D eigenvalue weighted by atomic mass is 10.2. The number of rotatable bonds is 8. The molecule has 0 saturated heterocycles. The van der Waals surface area contributed by atoms with Crippen LogP contribution in [-0.2, 0) is 11.3 Å². The molecule has 4 N–H and O–H groups in total. The molecule has 0 fully saturated rings. The van der Waals surface area contributed by atoms with Crippen LogP contribution in [0.1, 0.15) is 32.3 Å². The summed E-state index contributed by atoms with van der Waals surface area (Å²) in [7, 11) is 1.63. The molecule has 0 aromatic heterocycles. The number of hydrogen-bond donors (Lipinski definition) is 3. The van der Waals surface area contributed by atoms with E-state index in [9.17, 15) is 4.79 Å². The Balaban J connectivity index is 2.00. The summed E-state index contributed by atoms with van der Waals surface area (Å²) in [6, 6.07) is 12.6. The Labute approximate surface area is 154 Å². The number of urea groups is 1. The predicted molar refractivity (Wildman–Crippen MR) is 105 cm³/mol. The first kappa shape index (κ1) is 19.6. The van der Waals surface area contributed by atoms with Crippen LogP contribution >= 0.6 is 0 Å². The third-order valence-electron chi connectivity index (χ3n) is 4.05. The number of amides is 2. The molecule has 0 aliphatic carbocycles. The fourth-order valence-corrected chi connectivity index (χ4v) is 2.55. The number of hydrogen-bond acceptors (Lipinski definition) is 4. The topological polar surface area (TPSA) is 85.6 Å². The molecule has 2 aromatic rings. The molecule has 0 saturated carbocycles. The van der Waals surface area contributed by atoms with E-state index in [2.05, 4.69) is 24.5 Å². The van der Waals surface area contributed by atoms with Crippen LogP contribution in [0.4, 0.5) is 16.2 Å². The van der Waals surface area contributed by atoms with Crippen LogP contribution in [0, 0.1) is 0 Å². The zero-order chi connectivity index (χ0) is 18.9. The molecule has 0 heterocycles. The van der Waals surface area contributed by atoms with Crippen LogP contribution in [0.2, 0.25) is 0 Å². The van der Waals surface area contributed by atoms with Gasteiger partial charge in [-0.15, -0.1) is 0 Å². The quantitative estimate of drug-likeness (QED) is 0.606. The lowest BCUT2D eigenvalue weighted by Crippen LogP contribution is -2.37. The van der Waals surface area contributed by atoms with Crippen LogP contribution < -0.4 is 21.1 Å². The second kappa shape index (κ2) is 9.68. The van der Waals surface area contributed by atoms with Crippen LogP contribution in [0.3, 0.4) is 0 Å². The van der Waals surface area contributed by atoms with Gasteiger partial charge in [-0.3, -0.25) is 0 Å². The number of anilines is 2. The van der Waals surface area contributed by atoms with Gasteiger partial charge in [-0.25, -0.2) is 4.79 Å². The van der Waals surface area contributed by atoms with E-state index in [1.807, 2.05) is 12.1 Å². The highest BCUT2D eigenvalue weighted by atomic mass is 16.5.